The summed E-state index contributed by atoms with van der Waals surface area (Å²) in [5.74, 6) is 2.91. The molecule has 0 aliphatic heterocycles. The number of nitrogens with zero attached hydrogens (tertiary/aromatic N) is 1. The SMILES string of the molecule is CCNC(=NCc1cccc(OC)c1OC1CCCC1)NCC(O)c1ccc(OC)cc1. The highest BCUT2D eigenvalue weighted by Gasteiger charge is 2.20. The second-order valence-electron chi connectivity index (χ2n) is 7.84. The monoisotopic (exact) mass is 441 g/mol. The molecule has 1 fully saturated rings. The third-order valence-corrected chi connectivity index (χ3v) is 5.58. The fourth-order valence-corrected chi connectivity index (χ4v) is 3.80. The Morgan fingerprint density at radius 2 is 1.81 bits per heavy atom. The number of guanidine groups is 1. The number of hydrogen-bond acceptors (Lipinski definition) is 5. The molecule has 7 nitrogen and oxygen atoms in total. The van der Waals surface area contributed by atoms with Crippen molar-refractivity contribution in [3.8, 4) is 17.2 Å². The first-order chi connectivity index (χ1) is 15.6. The minimum atomic E-state index is -0.664. The molecule has 0 radical (unpaired) electrons. The van der Waals surface area contributed by atoms with Gasteiger partial charge in [0, 0.05) is 18.7 Å². The molecule has 0 aromatic heterocycles. The summed E-state index contributed by atoms with van der Waals surface area (Å²) in [6.07, 6.45) is 4.14. The van der Waals surface area contributed by atoms with Crippen LogP contribution >= 0.6 is 0 Å². The predicted molar refractivity (Wildman–Crippen MR) is 127 cm³/mol. The van der Waals surface area contributed by atoms with Gasteiger partial charge in [-0.05, 0) is 56.4 Å². The molecule has 7 heteroatoms. The lowest BCUT2D eigenvalue weighted by Gasteiger charge is -2.19. The number of aliphatic imine (C=N–C) groups is 1. The molecule has 2 aromatic carbocycles. The first-order valence-corrected chi connectivity index (χ1v) is 11.3. The van der Waals surface area contributed by atoms with Gasteiger partial charge in [0.1, 0.15) is 5.75 Å². The van der Waals surface area contributed by atoms with Gasteiger partial charge in [0.25, 0.3) is 0 Å². The fourth-order valence-electron chi connectivity index (χ4n) is 3.80. The van der Waals surface area contributed by atoms with Gasteiger partial charge in [0.15, 0.2) is 17.5 Å². The molecule has 1 atom stereocenters. The van der Waals surface area contributed by atoms with Crippen molar-refractivity contribution in [2.75, 3.05) is 27.3 Å². The van der Waals surface area contributed by atoms with E-state index in [9.17, 15) is 5.11 Å². The summed E-state index contributed by atoms with van der Waals surface area (Å²) in [5.41, 5.74) is 1.79. The van der Waals surface area contributed by atoms with Gasteiger partial charge in [-0.2, -0.15) is 0 Å². The number of hydrogen-bond donors (Lipinski definition) is 3. The lowest BCUT2D eigenvalue weighted by atomic mass is 10.1. The lowest BCUT2D eigenvalue weighted by molar-refractivity contribution is 0.180. The van der Waals surface area contributed by atoms with Crippen LogP contribution in [0.5, 0.6) is 17.2 Å². The first-order valence-electron chi connectivity index (χ1n) is 11.3. The van der Waals surface area contributed by atoms with E-state index in [0.717, 1.165) is 41.2 Å². The van der Waals surface area contributed by atoms with Gasteiger partial charge in [0.2, 0.25) is 0 Å². The first kappa shape index (κ1) is 23.7. The Labute approximate surface area is 190 Å². The van der Waals surface area contributed by atoms with Crippen LogP contribution < -0.4 is 24.8 Å². The van der Waals surface area contributed by atoms with Crippen molar-refractivity contribution in [3.05, 3.63) is 53.6 Å². The van der Waals surface area contributed by atoms with Crippen LogP contribution in [-0.2, 0) is 6.54 Å². The zero-order valence-corrected chi connectivity index (χ0v) is 19.3. The normalized spacial score (nSPS) is 15.3. The molecule has 3 N–H and O–H groups in total. The number of aliphatic hydroxyl groups is 1. The summed E-state index contributed by atoms with van der Waals surface area (Å²) in [6.45, 7) is 3.50. The maximum atomic E-state index is 10.5. The Bertz CT molecular complexity index is 864. The van der Waals surface area contributed by atoms with E-state index in [1.165, 1.54) is 12.8 Å². The molecular weight excluding hydrogens is 406 g/mol. The third kappa shape index (κ3) is 6.53. The van der Waals surface area contributed by atoms with Crippen LogP contribution in [0.25, 0.3) is 0 Å². The topological polar surface area (TPSA) is 84.3 Å². The summed E-state index contributed by atoms with van der Waals surface area (Å²) >= 11 is 0. The molecular formula is C25H35N3O4. The van der Waals surface area contributed by atoms with Crippen LogP contribution in [-0.4, -0.2) is 44.5 Å². The van der Waals surface area contributed by atoms with Crippen molar-refractivity contribution in [1.82, 2.24) is 10.6 Å². The summed E-state index contributed by atoms with van der Waals surface area (Å²) in [6, 6.07) is 13.3. The number of benzene rings is 2. The zero-order chi connectivity index (χ0) is 22.8. The van der Waals surface area contributed by atoms with Crippen molar-refractivity contribution in [2.24, 2.45) is 4.99 Å². The van der Waals surface area contributed by atoms with E-state index in [0.29, 0.717) is 25.6 Å². The van der Waals surface area contributed by atoms with E-state index in [-0.39, 0.29) is 6.10 Å². The molecule has 32 heavy (non-hydrogen) atoms. The van der Waals surface area contributed by atoms with E-state index in [1.807, 2.05) is 49.4 Å². The Hall–Kier alpha value is -2.93. The molecule has 0 saturated heterocycles. The molecule has 174 valence electrons. The molecule has 2 aromatic rings. The van der Waals surface area contributed by atoms with Crippen molar-refractivity contribution >= 4 is 5.96 Å². The van der Waals surface area contributed by atoms with Crippen LogP contribution in [0.15, 0.2) is 47.5 Å². The number of methoxy groups -OCH3 is 2. The molecule has 0 amide bonds. The van der Waals surface area contributed by atoms with E-state index in [2.05, 4.69) is 10.6 Å². The molecule has 1 unspecified atom stereocenters. The molecule has 1 aliphatic carbocycles. The number of aliphatic hydroxyl groups excluding tert-OH is 1. The predicted octanol–water partition coefficient (Wildman–Crippen LogP) is 3.81. The minimum absolute atomic E-state index is 0.236. The highest BCUT2D eigenvalue weighted by Crippen LogP contribution is 2.35. The zero-order valence-electron chi connectivity index (χ0n) is 19.3. The number of ether oxygens (including phenoxy) is 3. The molecule has 0 bridgehead atoms. The maximum absolute atomic E-state index is 10.5. The number of rotatable bonds is 10. The number of nitrogens with one attached hydrogen (secondary N) is 2. The van der Waals surface area contributed by atoms with Crippen molar-refractivity contribution in [3.63, 3.8) is 0 Å². The second-order valence-corrected chi connectivity index (χ2v) is 7.84. The Kier molecular flexibility index (Phi) is 9.04. The van der Waals surface area contributed by atoms with Crippen molar-refractivity contribution in [1.29, 1.82) is 0 Å². The van der Waals surface area contributed by atoms with Gasteiger partial charge in [0.05, 0.1) is 33.0 Å². The standard InChI is InChI=1S/C25H35N3O4/c1-4-26-25(28-17-22(29)18-12-14-20(30-2)15-13-18)27-16-19-8-7-11-23(31-3)24(19)32-21-9-5-6-10-21/h7-8,11-15,21-22,29H,4-6,9-10,16-17H2,1-3H3,(H2,26,27,28). The van der Waals surface area contributed by atoms with Crippen molar-refractivity contribution < 1.29 is 19.3 Å². The quantitative estimate of drug-likeness (QED) is 0.384. The molecule has 0 heterocycles. The highest BCUT2D eigenvalue weighted by atomic mass is 16.5. The Morgan fingerprint density at radius 3 is 2.47 bits per heavy atom. The molecule has 1 saturated carbocycles. The Balaban J connectivity index is 1.67. The van der Waals surface area contributed by atoms with Crippen LogP contribution in [0.4, 0.5) is 0 Å². The minimum Gasteiger partial charge on any atom is -0.497 e. The largest absolute Gasteiger partial charge is 0.497 e. The van der Waals surface area contributed by atoms with E-state index in [4.69, 9.17) is 19.2 Å². The number of para-hydroxylation sites is 1. The van der Waals surface area contributed by atoms with Gasteiger partial charge in [-0.1, -0.05) is 24.3 Å². The van der Waals surface area contributed by atoms with E-state index >= 15 is 0 Å². The summed E-state index contributed by atoms with van der Waals surface area (Å²) in [5, 5.41) is 17.0. The van der Waals surface area contributed by atoms with Gasteiger partial charge in [-0.15, -0.1) is 0 Å². The smallest absolute Gasteiger partial charge is 0.191 e. The van der Waals surface area contributed by atoms with E-state index in [1.54, 1.807) is 14.2 Å². The lowest BCUT2D eigenvalue weighted by Crippen LogP contribution is -2.39. The third-order valence-electron chi connectivity index (χ3n) is 5.58. The van der Waals surface area contributed by atoms with Crippen LogP contribution in [0.3, 0.4) is 0 Å². The van der Waals surface area contributed by atoms with Gasteiger partial charge < -0.3 is 30.0 Å². The maximum Gasteiger partial charge on any atom is 0.191 e. The average Bonchev–Trinajstić information content (AvgIpc) is 3.34. The van der Waals surface area contributed by atoms with Gasteiger partial charge in [-0.25, -0.2) is 4.99 Å². The van der Waals surface area contributed by atoms with Gasteiger partial charge >= 0.3 is 0 Å². The highest BCUT2D eigenvalue weighted by molar-refractivity contribution is 5.79. The molecule has 1 aliphatic rings. The summed E-state index contributed by atoms with van der Waals surface area (Å²) in [7, 11) is 3.29. The summed E-state index contributed by atoms with van der Waals surface area (Å²) < 4.78 is 17.0. The molecule has 0 spiro atoms. The Morgan fingerprint density at radius 1 is 1.06 bits per heavy atom. The van der Waals surface area contributed by atoms with E-state index < -0.39 is 6.10 Å². The second kappa shape index (κ2) is 12.2. The van der Waals surface area contributed by atoms with Crippen LogP contribution in [0.1, 0.15) is 49.8 Å². The van der Waals surface area contributed by atoms with Crippen LogP contribution in [0, 0.1) is 0 Å². The fraction of sp³-hybridized carbons (Fsp3) is 0.480. The van der Waals surface area contributed by atoms with Gasteiger partial charge in [-0.3, -0.25) is 0 Å². The molecule has 3 rings (SSSR count). The summed E-state index contributed by atoms with van der Waals surface area (Å²) in [4.78, 5) is 4.72. The average molecular weight is 442 g/mol. The van der Waals surface area contributed by atoms with Crippen molar-refractivity contribution in [2.45, 2.75) is 51.4 Å². The van der Waals surface area contributed by atoms with Crippen LogP contribution in [0.2, 0.25) is 0 Å².